The molecule has 0 bridgehead atoms. The number of allylic oxidation sites excluding steroid dienone is 2. The number of aromatic carboxylic acids is 1. The number of hydrogen-bond acceptors (Lipinski definition) is 6. The molecule has 2 aliphatic rings. The summed E-state index contributed by atoms with van der Waals surface area (Å²) in [4.78, 5) is 13.5. The maximum atomic E-state index is 13.7. The number of benzene rings is 2. The van der Waals surface area contributed by atoms with E-state index in [1.54, 1.807) is 31.2 Å². The van der Waals surface area contributed by atoms with Crippen molar-refractivity contribution in [1.29, 1.82) is 0 Å². The van der Waals surface area contributed by atoms with Crippen molar-refractivity contribution in [2.24, 2.45) is 5.92 Å². The molecule has 0 spiro atoms. The van der Waals surface area contributed by atoms with Gasteiger partial charge in [-0.15, -0.1) is 0 Å². The molecule has 0 unspecified atom stereocenters. The van der Waals surface area contributed by atoms with Crippen LogP contribution in [0, 0.1) is 5.92 Å². The Morgan fingerprint density at radius 1 is 1.24 bits per heavy atom. The highest BCUT2D eigenvalue weighted by Crippen LogP contribution is 2.37. The molecule has 0 fully saturated rings. The summed E-state index contributed by atoms with van der Waals surface area (Å²) in [7, 11) is -1.94. The molecular formula is C28H36N2O6S. The van der Waals surface area contributed by atoms with E-state index in [0.29, 0.717) is 18.8 Å². The van der Waals surface area contributed by atoms with Gasteiger partial charge in [0, 0.05) is 31.6 Å². The fourth-order valence-corrected chi connectivity index (χ4v) is 6.89. The molecule has 2 aromatic rings. The summed E-state index contributed by atoms with van der Waals surface area (Å²) in [5.74, 6) is -0.803. The fraction of sp³-hybridized carbons (Fsp3) is 0.464. The normalized spacial score (nSPS) is 22.5. The van der Waals surface area contributed by atoms with Gasteiger partial charge >= 0.3 is 5.97 Å². The number of ether oxygens (including phenoxy) is 1. The fourth-order valence-electron chi connectivity index (χ4n) is 5.06. The lowest BCUT2D eigenvalue weighted by Gasteiger charge is -2.37. The number of likely N-dealkylation sites (N-methyl/N-ethyl adjacent to an activating group) is 1. The third kappa shape index (κ3) is 6.06. The zero-order valence-corrected chi connectivity index (χ0v) is 22.4. The maximum Gasteiger partial charge on any atom is 0.335 e. The van der Waals surface area contributed by atoms with Gasteiger partial charge in [-0.1, -0.05) is 31.2 Å². The number of aliphatic hydroxyl groups is 1. The second-order valence-corrected chi connectivity index (χ2v) is 12.1. The Bertz CT molecular complexity index is 1280. The van der Waals surface area contributed by atoms with E-state index in [-0.39, 0.29) is 35.6 Å². The third-order valence-electron chi connectivity index (χ3n) is 7.20. The molecular weight excluding hydrogens is 492 g/mol. The summed E-state index contributed by atoms with van der Waals surface area (Å²) < 4.78 is 35.2. The van der Waals surface area contributed by atoms with Gasteiger partial charge < -0.3 is 14.9 Å². The van der Waals surface area contributed by atoms with Gasteiger partial charge in [0.1, 0.15) is 16.7 Å². The van der Waals surface area contributed by atoms with Crippen molar-refractivity contribution in [2.75, 3.05) is 26.7 Å². The van der Waals surface area contributed by atoms with Gasteiger partial charge in [0.05, 0.1) is 12.2 Å². The van der Waals surface area contributed by atoms with Crippen LogP contribution in [0.25, 0.3) is 5.57 Å². The number of fused-ring (bicyclic) bond motifs is 1. The maximum absolute atomic E-state index is 13.7. The summed E-state index contributed by atoms with van der Waals surface area (Å²) in [6.45, 7) is 4.63. The number of nitrogens with zero attached hydrogens (tertiary/aromatic N) is 2. The van der Waals surface area contributed by atoms with Crippen molar-refractivity contribution in [1.82, 2.24) is 9.21 Å². The highest BCUT2D eigenvalue weighted by Gasteiger charge is 2.38. The molecule has 0 aromatic heterocycles. The monoisotopic (exact) mass is 528 g/mol. The zero-order valence-electron chi connectivity index (χ0n) is 21.6. The Morgan fingerprint density at radius 2 is 2.03 bits per heavy atom. The number of carboxylic acids is 1. The molecule has 4 rings (SSSR count). The van der Waals surface area contributed by atoms with Crippen LogP contribution in [0.1, 0.15) is 54.6 Å². The standard InChI is InChI=1S/C28H36N2O6S/c1-19-15-30(20(2)18-31)37(34,35)27-12-11-23(22-8-4-5-9-22)14-25(27)36-26(19)17-29(3)16-21-7-6-10-24(13-21)28(32)33/h6-8,10-14,19-20,26,31H,4-5,9,15-18H2,1-3H3,(H,32,33)/t19-,20-,26-/m0/s1. The first-order chi connectivity index (χ1) is 17.6. The third-order valence-corrected chi connectivity index (χ3v) is 9.22. The molecule has 0 amide bonds. The van der Waals surface area contributed by atoms with E-state index >= 15 is 0 Å². The van der Waals surface area contributed by atoms with Crippen molar-refractivity contribution in [2.45, 2.75) is 56.7 Å². The van der Waals surface area contributed by atoms with Crippen molar-refractivity contribution < 1.29 is 28.2 Å². The molecule has 37 heavy (non-hydrogen) atoms. The van der Waals surface area contributed by atoms with Gasteiger partial charge in [0.15, 0.2) is 0 Å². The van der Waals surface area contributed by atoms with Crippen LogP contribution in [0.2, 0.25) is 0 Å². The summed E-state index contributed by atoms with van der Waals surface area (Å²) in [5, 5.41) is 19.2. The lowest BCUT2D eigenvalue weighted by molar-refractivity contribution is 0.0693. The molecule has 0 saturated heterocycles. The predicted molar refractivity (Wildman–Crippen MR) is 142 cm³/mol. The van der Waals surface area contributed by atoms with E-state index in [0.717, 1.165) is 30.4 Å². The number of sulfonamides is 1. The summed E-state index contributed by atoms with van der Waals surface area (Å²) >= 11 is 0. The second kappa shape index (κ2) is 11.3. The van der Waals surface area contributed by atoms with E-state index in [4.69, 9.17) is 4.74 Å². The van der Waals surface area contributed by atoms with Gasteiger partial charge in [0.2, 0.25) is 10.0 Å². The van der Waals surface area contributed by atoms with E-state index in [9.17, 15) is 23.4 Å². The van der Waals surface area contributed by atoms with E-state index in [2.05, 4.69) is 11.0 Å². The quantitative estimate of drug-likeness (QED) is 0.536. The average Bonchev–Trinajstić information content (AvgIpc) is 3.40. The molecule has 1 heterocycles. The lowest BCUT2D eigenvalue weighted by Crippen LogP contribution is -2.49. The van der Waals surface area contributed by atoms with E-state index in [1.807, 2.05) is 32.2 Å². The Labute approximate surface area is 219 Å². The topological polar surface area (TPSA) is 107 Å². The van der Waals surface area contributed by atoms with E-state index in [1.165, 1.54) is 9.88 Å². The minimum atomic E-state index is -3.88. The lowest BCUT2D eigenvalue weighted by atomic mass is 10.0. The Morgan fingerprint density at radius 3 is 2.70 bits per heavy atom. The smallest absolute Gasteiger partial charge is 0.335 e. The minimum absolute atomic E-state index is 0.115. The van der Waals surface area contributed by atoms with Crippen LogP contribution in [0.5, 0.6) is 5.75 Å². The van der Waals surface area contributed by atoms with Gasteiger partial charge in [-0.25, -0.2) is 13.2 Å². The summed E-state index contributed by atoms with van der Waals surface area (Å²) in [6.07, 6.45) is 4.92. The van der Waals surface area contributed by atoms with Crippen LogP contribution in [-0.4, -0.2) is 72.7 Å². The number of carboxylic acid groups (broad SMARTS) is 1. The molecule has 1 aliphatic carbocycles. The number of aliphatic hydroxyl groups excluding tert-OH is 1. The largest absolute Gasteiger partial charge is 0.487 e. The van der Waals surface area contributed by atoms with Gasteiger partial charge in [-0.2, -0.15) is 4.31 Å². The molecule has 8 nitrogen and oxygen atoms in total. The Hall–Kier alpha value is -2.72. The first-order valence-corrected chi connectivity index (χ1v) is 14.2. The SMILES string of the molecule is C[C@H]1CN([C@@H](C)CO)S(=O)(=O)c2ccc(C3=CCCC3)cc2O[C@H]1CN(C)Cc1cccc(C(=O)O)c1. The second-order valence-electron chi connectivity index (χ2n) is 10.2. The van der Waals surface area contributed by atoms with Crippen LogP contribution in [-0.2, 0) is 16.6 Å². The van der Waals surface area contributed by atoms with Crippen molar-refractivity contribution in [3.63, 3.8) is 0 Å². The number of hydrogen-bond donors (Lipinski definition) is 2. The first-order valence-electron chi connectivity index (χ1n) is 12.7. The number of rotatable bonds is 8. The molecule has 2 aromatic carbocycles. The summed E-state index contributed by atoms with van der Waals surface area (Å²) in [5.41, 5.74) is 3.28. The van der Waals surface area contributed by atoms with Crippen molar-refractivity contribution >= 4 is 21.6 Å². The predicted octanol–water partition coefficient (Wildman–Crippen LogP) is 3.85. The van der Waals surface area contributed by atoms with Gasteiger partial charge in [-0.3, -0.25) is 4.90 Å². The molecule has 1 aliphatic heterocycles. The molecule has 0 saturated carbocycles. The summed E-state index contributed by atoms with van der Waals surface area (Å²) in [6, 6.07) is 11.6. The zero-order chi connectivity index (χ0) is 26.7. The molecule has 2 N–H and O–H groups in total. The Balaban J connectivity index is 1.66. The molecule has 200 valence electrons. The van der Waals surface area contributed by atoms with Crippen molar-refractivity contribution in [3.05, 3.63) is 65.2 Å². The Kier molecular flexibility index (Phi) is 8.38. The van der Waals surface area contributed by atoms with Crippen LogP contribution in [0.3, 0.4) is 0 Å². The van der Waals surface area contributed by atoms with Crippen LogP contribution in [0.15, 0.2) is 53.4 Å². The molecule has 0 radical (unpaired) electrons. The van der Waals surface area contributed by atoms with Crippen LogP contribution < -0.4 is 4.74 Å². The van der Waals surface area contributed by atoms with Gasteiger partial charge in [0.25, 0.3) is 0 Å². The number of carbonyl (C=O) groups is 1. The molecule has 3 atom stereocenters. The minimum Gasteiger partial charge on any atom is -0.487 e. The van der Waals surface area contributed by atoms with Crippen LogP contribution >= 0.6 is 0 Å². The van der Waals surface area contributed by atoms with E-state index < -0.39 is 22.0 Å². The van der Waals surface area contributed by atoms with Crippen LogP contribution in [0.4, 0.5) is 0 Å². The van der Waals surface area contributed by atoms with Crippen molar-refractivity contribution in [3.8, 4) is 5.75 Å². The molecule has 9 heteroatoms. The average molecular weight is 529 g/mol. The highest BCUT2D eigenvalue weighted by atomic mass is 32.2. The first kappa shape index (κ1) is 27.3. The highest BCUT2D eigenvalue weighted by molar-refractivity contribution is 7.89. The van der Waals surface area contributed by atoms with Gasteiger partial charge in [-0.05, 0) is 74.2 Å².